The molecule has 2 heteroatoms. The molecule has 2 unspecified atom stereocenters. The smallest absolute Gasteiger partial charge is 0.0580 e. The molecule has 1 aliphatic heterocycles. The average Bonchev–Trinajstić information content (AvgIpc) is 2.34. The van der Waals surface area contributed by atoms with E-state index < -0.39 is 0 Å². The Morgan fingerprint density at radius 2 is 1.94 bits per heavy atom. The van der Waals surface area contributed by atoms with Gasteiger partial charge in [0.05, 0.1) is 6.10 Å². The Labute approximate surface area is 101 Å². The van der Waals surface area contributed by atoms with Gasteiger partial charge in [-0.15, -0.1) is 0 Å². The van der Waals surface area contributed by atoms with Crippen LogP contribution in [0.5, 0.6) is 0 Å². The third-order valence-corrected chi connectivity index (χ3v) is 3.73. The van der Waals surface area contributed by atoms with Gasteiger partial charge in [-0.2, -0.15) is 0 Å². The summed E-state index contributed by atoms with van der Waals surface area (Å²) >= 11 is 0. The molecule has 0 saturated carbocycles. The maximum absolute atomic E-state index is 10.0. The van der Waals surface area contributed by atoms with E-state index in [0.29, 0.717) is 5.92 Å². The van der Waals surface area contributed by atoms with Crippen LogP contribution in [-0.2, 0) is 0 Å². The highest BCUT2D eigenvalue weighted by Crippen LogP contribution is 2.19. The molecule has 0 radical (unpaired) electrons. The molecule has 1 fully saturated rings. The van der Waals surface area contributed by atoms with Crippen molar-refractivity contribution in [1.82, 2.24) is 5.32 Å². The van der Waals surface area contributed by atoms with Gasteiger partial charge in [0.25, 0.3) is 0 Å². The van der Waals surface area contributed by atoms with E-state index in [1.165, 1.54) is 51.4 Å². The highest BCUT2D eigenvalue weighted by atomic mass is 16.3. The number of aliphatic hydroxyl groups is 1. The first-order valence-electron chi connectivity index (χ1n) is 7.23. The van der Waals surface area contributed by atoms with Crippen molar-refractivity contribution < 1.29 is 5.11 Å². The predicted octanol–water partition coefficient (Wildman–Crippen LogP) is 3.10. The lowest BCUT2D eigenvalue weighted by atomic mass is 9.90. The van der Waals surface area contributed by atoms with Crippen LogP contribution in [0, 0.1) is 5.92 Å². The fourth-order valence-electron chi connectivity index (χ4n) is 2.58. The van der Waals surface area contributed by atoms with Crippen LogP contribution >= 0.6 is 0 Å². The van der Waals surface area contributed by atoms with E-state index in [-0.39, 0.29) is 6.10 Å². The molecule has 2 N–H and O–H groups in total. The number of unbranched alkanes of at least 4 members (excludes halogenated alkanes) is 5. The summed E-state index contributed by atoms with van der Waals surface area (Å²) in [7, 11) is 0. The molecular weight excluding hydrogens is 198 g/mol. The summed E-state index contributed by atoms with van der Waals surface area (Å²) in [5, 5.41) is 13.4. The predicted molar refractivity (Wildman–Crippen MR) is 69.6 cm³/mol. The topological polar surface area (TPSA) is 32.3 Å². The van der Waals surface area contributed by atoms with Crippen LogP contribution in [0.3, 0.4) is 0 Å². The Hall–Kier alpha value is -0.0800. The van der Waals surface area contributed by atoms with Gasteiger partial charge < -0.3 is 10.4 Å². The third kappa shape index (κ3) is 5.86. The number of aliphatic hydroxyl groups excluding tert-OH is 1. The Balaban J connectivity index is 1.94. The Kier molecular flexibility index (Phi) is 7.87. The molecule has 1 rings (SSSR count). The molecule has 1 saturated heterocycles. The van der Waals surface area contributed by atoms with E-state index in [1.807, 2.05) is 0 Å². The molecule has 0 aliphatic carbocycles. The van der Waals surface area contributed by atoms with Crippen molar-refractivity contribution in [3.05, 3.63) is 0 Å². The minimum atomic E-state index is -0.0565. The zero-order chi connectivity index (χ0) is 11.6. The summed E-state index contributed by atoms with van der Waals surface area (Å²) < 4.78 is 0. The van der Waals surface area contributed by atoms with Crippen molar-refractivity contribution in [2.45, 2.75) is 70.8 Å². The zero-order valence-corrected chi connectivity index (χ0v) is 10.9. The molecule has 2 atom stereocenters. The first-order valence-corrected chi connectivity index (χ1v) is 7.23. The normalized spacial score (nSPS) is 23.2. The maximum Gasteiger partial charge on any atom is 0.0580 e. The molecule has 16 heavy (non-hydrogen) atoms. The minimum Gasteiger partial charge on any atom is -0.393 e. The van der Waals surface area contributed by atoms with Crippen LogP contribution in [0.1, 0.15) is 64.7 Å². The Bertz CT molecular complexity index is 155. The first-order chi connectivity index (χ1) is 7.84. The van der Waals surface area contributed by atoms with Crippen molar-refractivity contribution in [2.24, 2.45) is 5.92 Å². The van der Waals surface area contributed by atoms with Crippen molar-refractivity contribution in [3.63, 3.8) is 0 Å². The van der Waals surface area contributed by atoms with Crippen molar-refractivity contribution >= 4 is 0 Å². The summed E-state index contributed by atoms with van der Waals surface area (Å²) in [6, 6.07) is 0. The molecule has 1 aliphatic rings. The van der Waals surface area contributed by atoms with Gasteiger partial charge in [-0.05, 0) is 31.7 Å². The quantitative estimate of drug-likeness (QED) is 0.625. The highest BCUT2D eigenvalue weighted by Gasteiger charge is 2.20. The fourth-order valence-corrected chi connectivity index (χ4v) is 2.58. The lowest BCUT2D eigenvalue weighted by Gasteiger charge is -2.27. The van der Waals surface area contributed by atoms with Gasteiger partial charge in [0, 0.05) is 6.54 Å². The van der Waals surface area contributed by atoms with Crippen molar-refractivity contribution in [1.29, 1.82) is 0 Å². The van der Waals surface area contributed by atoms with E-state index >= 15 is 0 Å². The molecule has 0 bridgehead atoms. The van der Waals surface area contributed by atoms with Crippen molar-refractivity contribution in [2.75, 3.05) is 13.1 Å². The van der Waals surface area contributed by atoms with E-state index in [2.05, 4.69) is 12.2 Å². The van der Waals surface area contributed by atoms with Gasteiger partial charge in [0.2, 0.25) is 0 Å². The van der Waals surface area contributed by atoms with Crippen LogP contribution in [0.4, 0.5) is 0 Å². The number of hydrogen-bond acceptors (Lipinski definition) is 2. The molecule has 0 amide bonds. The van der Waals surface area contributed by atoms with Gasteiger partial charge in [-0.25, -0.2) is 0 Å². The number of rotatable bonds is 8. The molecule has 0 spiro atoms. The Morgan fingerprint density at radius 3 is 2.62 bits per heavy atom. The van der Waals surface area contributed by atoms with Gasteiger partial charge >= 0.3 is 0 Å². The fraction of sp³-hybridized carbons (Fsp3) is 1.00. The molecule has 0 aromatic carbocycles. The minimum absolute atomic E-state index is 0.0565. The molecular formula is C14H29NO. The molecule has 96 valence electrons. The van der Waals surface area contributed by atoms with Crippen LogP contribution < -0.4 is 5.32 Å². The lowest BCUT2D eigenvalue weighted by Crippen LogP contribution is -2.36. The van der Waals surface area contributed by atoms with Crippen molar-refractivity contribution in [3.8, 4) is 0 Å². The third-order valence-electron chi connectivity index (χ3n) is 3.73. The Morgan fingerprint density at radius 1 is 1.19 bits per heavy atom. The molecule has 1 heterocycles. The van der Waals surface area contributed by atoms with Crippen LogP contribution in [-0.4, -0.2) is 24.3 Å². The van der Waals surface area contributed by atoms with E-state index in [9.17, 15) is 5.11 Å². The number of hydrogen-bond donors (Lipinski definition) is 2. The van der Waals surface area contributed by atoms with Crippen LogP contribution in [0.2, 0.25) is 0 Å². The largest absolute Gasteiger partial charge is 0.393 e. The first kappa shape index (κ1) is 14.0. The summed E-state index contributed by atoms with van der Waals surface area (Å²) in [5.41, 5.74) is 0. The molecule has 0 aromatic rings. The summed E-state index contributed by atoms with van der Waals surface area (Å²) in [6.45, 7) is 4.41. The van der Waals surface area contributed by atoms with Gasteiger partial charge in [-0.1, -0.05) is 45.4 Å². The van der Waals surface area contributed by atoms with Crippen LogP contribution in [0.15, 0.2) is 0 Å². The summed E-state index contributed by atoms with van der Waals surface area (Å²) in [4.78, 5) is 0. The zero-order valence-electron chi connectivity index (χ0n) is 10.9. The monoisotopic (exact) mass is 227 g/mol. The van der Waals surface area contributed by atoms with E-state index in [4.69, 9.17) is 0 Å². The molecule has 2 nitrogen and oxygen atoms in total. The second-order valence-corrected chi connectivity index (χ2v) is 5.23. The van der Waals surface area contributed by atoms with Crippen LogP contribution in [0.25, 0.3) is 0 Å². The van der Waals surface area contributed by atoms with Gasteiger partial charge in [-0.3, -0.25) is 0 Å². The number of nitrogens with one attached hydrogen (secondary N) is 1. The summed E-state index contributed by atoms with van der Waals surface area (Å²) in [5.74, 6) is 0.518. The second kappa shape index (κ2) is 9.00. The van der Waals surface area contributed by atoms with Gasteiger partial charge in [0.1, 0.15) is 0 Å². The van der Waals surface area contributed by atoms with Gasteiger partial charge in [0.15, 0.2) is 0 Å². The highest BCUT2D eigenvalue weighted by molar-refractivity contribution is 4.75. The number of piperidine rings is 1. The molecule has 0 aromatic heterocycles. The average molecular weight is 227 g/mol. The maximum atomic E-state index is 10.0. The summed E-state index contributed by atoms with van der Waals surface area (Å²) in [6.07, 6.45) is 11.3. The van der Waals surface area contributed by atoms with E-state index in [1.54, 1.807) is 0 Å². The van der Waals surface area contributed by atoms with E-state index in [0.717, 1.165) is 19.5 Å². The second-order valence-electron chi connectivity index (χ2n) is 5.23. The lowest BCUT2D eigenvalue weighted by molar-refractivity contribution is 0.0816. The SMILES string of the molecule is CCCCCCCCC(O)C1CCCNC1. The standard InChI is InChI=1S/C14H29NO/c1-2-3-4-5-6-7-10-14(16)13-9-8-11-15-12-13/h13-16H,2-12H2,1H3.